The fourth-order valence-electron chi connectivity index (χ4n) is 1.71. The van der Waals surface area contributed by atoms with Gasteiger partial charge in [0, 0.05) is 15.7 Å². The van der Waals surface area contributed by atoms with Crippen LogP contribution >= 0.6 is 22.3 Å². The lowest BCUT2D eigenvalue weighted by Gasteiger charge is -2.10. The number of esters is 1. The second-order valence-corrected chi connectivity index (χ2v) is 7.33. The summed E-state index contributed by atoms with van der Waals surface area (Å²) in [5.41, 5.74) is 0.359. The van der Waals surface area contributed by atoms with E-state index in [4.69, 9.17) is 27.0 Å². The lowest BCUT2D eigenvalue weighted by Crippen LogP contribution is -2.10. The van der Waals surface area contributed by atoms with E-state index in [0.29, 0.717) is 6.61 Å². The van der Waals surface area contributed by atoms with Crippen molar-refractivity contribution in [3.8, 4) is 0 Å². The molecule has 0 saturated carbocycles. The number of halogens is 2. The average molecular weight is 339 g/mol. The lowest BCUT2D eigenvalue weighted by atomic mass is 10.1. The van der Waals surface area contributed by atoms with Gasteiger partial charge in [0.25, 0.3) is 9.05 Å². The third-order valence-electron chi connectivity index (χ3n) is 2.79. The number of benzene rings is 1. The lowest BCUT2D eigenvalue weighted by molar-refractivity contribution is 0.0497. The number of unbranched alkanes of at least 4 members (excludes halogenated alkanes) is 2. The smallest absolute Gasteiger partial charge is 0.338 e. The first-order chi connectivity index (χ1) is 9.27. The van der Waals surface area contributed by atoms with E-state index in [1.807, 2.05) is 6.92 Å². The molecule has 4 nitrogen and oxygen atoms in total. The monoisotopic (exact) mass is 338 g/mol. The predicted molar refractivity (Wildman–Crippen MR) is 79.0 cm³/mol. The van der Waals surface area contributed by atoms with Gasteiger partial charge in [-0.05, 0) is 31.0 Å². The third-order valence-corrected chi connectivity index (χ3v) is 4.45. The Hall–Kier alpha value is -0.780. The van der Waals surface area contributed by atoms with E-state index in [-0.39, 0.29) is 21.0 Å². The number of hydrogen-bond acceptors (Lipinski definition) is 4. The Balaban J connectivity index is 3.01. The van der Waals surface area contributed by atoms with Crippen molar-refractivity contribution < 1.29 is 17.9 Å². The molecular formula is C13H16Cl2O4S. The van der Waals surface area contributed by atoms with E-state index < -0.39 is 15.0 Å². The van der Waals surface area contributed by atoms with Crippen LogP contribution in [-0.2, 0) is 13.8 Å². The Labute approximate surface area is 128 Å². The van der Waals surface area contributed by atoms with E-state index in [9.17, 15) is 13.2 Å². The van der Waals surface area contributed by atoms with Gasteiger partial charge in [0.1, 0.15) is 0 Å². The molecule has 0 aliphatic carbocycles. The number of rotatable bonds is 6. The number of hydrogen-bond donors (Lipinski definition) is 0. The van der Waals surface area contributed by atoms with Gasteiger partial charge in [0.05, 0.1) is 17.1 Å². The molecule has 1 rings (SSSR count). The molecule has 0 aromatic heterocycles. The summed E-state index contributed by atoms with van der Waals surface area (Å²) in [6.45, 7) is 3.83. The first kappa shape index (κ1) is 17.3. The first-order valence-corrected chi connectivity index (χ1v) is 8.88. The van der Waals surface area contributed by atoms with Crippen LogP contribution in [0.15, 0.2) is 17.0 Å². The SMILES string of the molecule is CCCCCOC(=O)c1cc(Cl)cc(S(=O)(=O)Cl)c1C. The van der Waals surface area contributed by atoms with Gasteiger partial charge in [-0.15, -0.1) is 0 Å². The van der Waals surface area contributed by atoms with E-state index in [1.165, 1.54) is 19.1 Å². The third kappa shape index (κ3) is 4.65. The molecule has 1 aromatic rings. The molecule has 1 aromatic carbocycles. The van der Waals surface area contributed by atoms with Gasteiger partial charge >= 0.3 is 5.97 Å². The molecule has 0 N–H and O–H groups in total. The molecule has 0 saturated heterocycles. The molecule has 20 heavy (non-hydrogen) atoms. The second-order valence-electron chi connectivity index (χ2n) is 4.36. The van der Waals surface area contributed by atoms with Crippen LogP contribution in [0, 0.1) is 6.92 Å². The van der Waals surface area contributed by atoms with E-state index in [2.05, 4.69) is 0 Å². The maximum atomic E-state index is 11.9. The molecule has 0 unspecified atom stereocenters. The fraction of sp³-hybridized carbons (Fsp3) is 0.462. The standard InChI is InChI=1S/C13H16Cl2O4S/c1-3-4-5-6-19-13(16)11-7-10(14)8-12(9(11)2)20(15,17)18/h7-8H,3-6H2,1-2H3. The van der Waals surface area contributed by atoms with Crippen molar-refractivity contribution >= 4 is 37.3 Å². The van der Waals surface area contributed by atoms with Gasteiger partial charge in [-0.2, -0.15) is 0 Å². The summed E-state index contributed by atoms with van der Waals surface area (Å²) >= 11 is 5.83. The molecular weight excluding hydrogens is 323 g/mol. The highest BCUT2D eigenvalue weighted by atomic mass is 35.7. The Morgan fingerprint density at radius 3 is 2.50 bits per heavy atom. The minimum absolute atomic E-state index is 0.119. The molecule has 0 amide bonds. The van der Waals surface area contributed by atoms with Crippen molar-refractivity contribution in [1.82, 2.24) is 0 Å². The van der Waals surface area contributed by atoms with Crippen molar-refractivity contribution in [2.24, 2.45) is 0 Å². The molecule has 7 heteroatoms. The number of ether oxygens (including phenoxy) is 1. The van der Waals surface area contributed by atoms with Crippen LogP contribution in [0.1, 0.15) is 42.1 Å². The summed E-state index contributed by atoms with van der Waals surface area (Å²) < 4.78 is 28.0. The van der Waals surface area contributed by atoms with Crippen LogP contribution in [0.25, 0.3) is 0 Å². The van der Waals surface area contributed by atoms with Crippen LogP contribution in [0.3, 0.4) is 0 Å². The van der Waals surface area contributed by atoms with Crippen LogP contribution in [0.4, 0.5) is 0 Å². The topological polar surface area (TPSA) is 60.4 Å². The highest BCUT2D eigenvalue weighted by molar-refractivity contribution is 8.13. The van der Waals surface area contributed by atoms with Crippen molar-refractivity contribution in [2.45, 2.75) is 38.0 Å². The minimum Gasteiger partial charge on any atom is -0.462 e. The Kier molecular flexibility index (Phi) is 6.30. The van der Waals surface area contributed by atoms with Crippen molar-refractivity contribution in [3.63, 3.8) is 0 Å². The van der Waals surface area contributed by atoms with Gasteiger partial charge in [-0.3, -0.25) is 0 Å². The highest BCUT2D eigenvalue weighted by Gasteiger charge is 2.21. The molecule has 0 atom stereocenters. The van der Waals surface area contributed by atoms with Gasteiger partial charge in [-0.25, -0.2) is 13.2 Å². The largest absolute Gasteiger partial charge is 0.462 e. The van der Waals surface area contributed by atoms with E-state index in [1.54, 1.807) is 0 Å². The summed E-state index contributed by atoms with van der Waals surface area (Å²) in [5.74, 6) is -0.595. The zero-order valence-electron chi connectivity index (χ0n) is 11.3. The number of carbonyl (C=O) groups is 1. The Morgan fingerprint density at radius 1 is 1.30 bits per heavy atom. The minimum atomic E-state index is -3.96. The molecule has 0 heterocycles. The van der Waals surface area contributed by atoms with Crippen molar-refractivity contribution in [1.29, 1.82) is 0 Å². The maximum Gasteiger partial charge on any atom is 0.338 e. The molecule has 0 aliphatic heterocycles. The van der Waals surface area contributed by atoms with Crippen molar-refractivity contribution in [2.75, 3.05) is 6.61 Å². The molecule has 0 spiro atoms. The van der Waals surface area contributed by atoms with Crippen LogP contribution in [0.2, 0.25) is 5.02 Å². The zero-order valence-corrected chi connectivity index (χ0v) is 13.6. The van der Waals surface area contributed by atoms with Crippen molar-refractivity contribution in [3.05, 3.63) is 28.3 Å². The fourth-order valence-corrected chi connectivity index (χ4v) is 3.22. The number of carbonyl (C=O) groups excluding carboxylic acids is 1. The summed E-state index contributed by atoms with van der Waals surface area (Å²) in [5, 5.41) is 0.121. The summed E-state index contributed by atoms with van der Waals surface area (Å²) in [6, 6.07) is 2.59. The van der Waals surface area contributed by atoms with E-state index >= 15 is 0 Å². The Bertz CT molecular complexity index is 597. The predicted octanol–water partition coefficient (Wildman–Crippen LogP) is 3.92. The molecule has 112 valence electrons. The van der Waals surface area contributed by atoms with Gasteiger partial charge in [0.2, 0.25) is 0 Å². The average Bonchev–Trinajstić information content (AvgIpc) is 2.35. The van der Waals surface area contributed by atoms with Gasteiger partial charge in [0.15, 0.2) is 0 Å². The molecule has 0 aliphatic rings. The highest BCUT2D eigenvalue weighted by Crippen LogP contribution is 2.27. The van der Waals surface area contributed by atoms with E-state index in [0.717, 1.165) is 19.3 Å². The summed E-state index contributed by atoms with van der Waals surface area (Å²) in [4.78, 5) is 11.8. The van der Waals surface area contributed by atoms with Crippen LogP contribution in [-0.4, -0.2) is 21.0 Å². The Morgan fingerprint density at radius 2 is 1.95 bits per heavy atom. The quantitative estimate of drug-likeness (QED) is 0.448. The molecule has 0 bridgehead atoms. The molecule has 0 fully saturated rings. The van der Waals surface area contributed by atoms with Gasteiger partial charge in [-0.1, -0.05) is 31.4 Å². The normalized spacial score (nSPS) is 11.4. The second kappa shape index (κ2) is 7.29. The zero-order chi connectivity index (χ0) is 15.3. The van der Waals surface area contributed by atoms with Crippen LogP contribution in [0.5, 0.6) is 0 Å². The maximum absolute atomic E-state index is 11.9. The summed E-state index contributed by atoms with van der Waals surface area (Å²) in [6.07, 6.45) is 2.74. The molecule has 0 radical (unpaired) electrons. The summed E-state index contributed by atoms with van der Waals surface area (Å²) in [7, 11) is 1.36. The van der Waals surface area contributed by atoms with Gasteiger partial charge < -0.3 is 4.74 Å². The van der Waals surface area contributed by atoms with Crippen LogP contribution < -0.4 is 0 Å². The first-order valence-electron chi connectivity index (χ1n) is 6.19.